The van der Waals surface area contributed by atoms with Gasteiger partial charge in [0.15, 0.2) is 5.78 Å². The molecule has 2 rings (SSSR count). The van der Waals surface area contributed by atoms with Crippen molar-refractivity contribution < 1.29 is 4.79 Å². The Kier molecular flexibility index (Phi) is 4.38. The van der Waals surface area contributed by atoms with Crippen molar-refractivity contribution in [1.82, 2.24) is 0 Å². The second-order valence-electron chi connectivity index (χ2n) is 4.55. The van der Waals surface area contributed by atoms with E-state index in [0.29, 0.717) is 0 Å². The predicted molar refractivity (Wildman–Crippen MR) is 82.6 cm³/mol. The molecule has 1 unspecified atom stereocenters. The fraction of sp³-hybridized carbons (Fsp3) is 0.188. The molecule has 0 aliphatic carbocycles. The van der Waals surface area contributed by atoms with Crippen molar-refractivity contribution >= 4 is 27.4 Å². The zero-order valence-corrected chi connectivity index (χ0v) is 12.6. The number of rotatable bonds is 4. The topological polar surface area (TPSA) is 29.1 Å². The molecule has 2 aromatic rings. The molecular formula is C16H16BrNO. The van der Waals surface area contributed by atoms with Crippen LogP contribution in [0.4, 0.5) is 5.69 Å². The van der Waals surface area contributed by atoms with Crippen molar-refractivity contribution in [1.29, 1.82) is 0 Å². The van der Waals surface area contributed by atoms with Gasteiger partial charge in [-0.05, 0) is 55.8 Å². The summed E-state index contributed by atoms with van der Waals surface area (Å²) in [5.41, 5.74) is 2.97. The Balaban J connectivity index is 2.08. The third-order valence-corrected chi connectivity index (χ3v) is 3.57. The van der Waals surface area contributed by atoms with E-state index < -0.39 is 0 Å². The zero-order valence-electron chi connectivity index (χ0n) is 11.0. The van der Waals surface area contributed by atoms with Gasteiger partial charge < -0.3 is 5.32 Å². The van der Waals surface area contributed by atoms with Crippen LogP contribution >= 0.6 is 15.9 Å². The smallest absolute Gasteiger partial charge is 0.159 e. The van der Waals surface area contributed by atoms with Crippen LogP contribution in [-0.2, 0) is 0 Å². The van der Waals surface area contributed by atoms with Crippen LogP contribution in [-0.4, -0.2) is 5.78 Å². The van der Waals surface area contributed by atoms with Gasteiger partial charge in [0.1, 0.15) is 0 Å². The Morgan fingerprint density at radius 3 is 2.16 bits per heavy atom. The Hall–Kier alpha value is -1.61. The highest BCUT2D eigenvalue weighted by Gasteiger charge is 2.05. The Morgan fingerprint density at radius 1 is 1.05 bits per heavy atom. The molecule has 0 saturated heterocycles. The molecule has 0 aromatic heterocycles. The van der Waals surface area contributed by atoms with Crippen molar-refractivity contribution in [3.63, 3.8) is 0 Å². The van der Waals surface area contributed by atoms with Crippen LogP contribution in [0.15, 0.2) is 53.0 Å². The summed E-state index contributed by atoms with van der Waals surface area (Å²) < 4.78 is 1.08. The molecule has 2 nitrogen and oxygen atoms in total. The lowest BCUT2D eigenvalue weighted by Crippen LogP contribution is -2.06. The summed E-state index contributed by atoms with van der Waals surface area (Å²) in [5.74, 6) is 0.0903. The highest BCUT2D eigenvalue weighted by atomic mass is 79.9. The molecule has 0 radical (unpaired) electrons. The van der Waals surface area contributed by atoms with E-state index in [2.05, 4.69) is 40.3 Å². The molecule has 0 spiro atoms. The first-order valence-electron chi connectivity index (χ1n) is 6.19. The van der Waals surface area contributed by atoms with E-state index >= 15 is 0 Å². The van der Waals surface area contributed by atoms with Gasteiger partial charge in [-0.1, -0.05) is 28.1 Å². The van der Waals surface area contributed by atoms with Gasteiger partial charge >= 0.3 is 0 Å². The molecule has 98 valence electrons. The molecule has 19 heavy (non-hydrogen) atoms. The highest BCUT2D eigenvalue weighted by Crippen LogP contribution is 2.21. The van der Waals surface area contributed by atoms with Crippen LogP contribution in [0.3, 0.4) is 0 Å². The van der Waals surface area contributed by atoms with Gasteiger partial charge in [0.2, 0.25) is 0 Å². The minimum absolute atomic E-state index is 0.0903. The summed E-state index contributed by atoms with van der Waals surface area (Å²) in [6.07, 6.45) is 0. The van der Waals surface area contributed by atoms with Crippen LogP contribution in [0.1, 0.15) is 35.8 Å². The molecule has 0 bridgehead atoms. The van der Waals surface area contributed by atoms with E-state index in [-0.39, 0.29) is 11.8 Å². The van der Waals surface area contributed by atoms with Crippen LogP contribution in [0.2, 0.25) is 0 Å². The molecule has 3 heteroatoms. The van der Waals surface area contributed by atoms with Gasteiger partial charge in [-0.25, -0.2) is 0 Å². The van der Waals surface area contributed by atoms with Crippen molar-refractivity contribution in [2.45, 2.75) is 19.9 Å². The number of Topliss-reactive ketones (excluding diaryl/α,β-unsaturated/α-hetero) is 1. The maximum absolute atomic E-state index is 11.2. The summed E-state index contributed by atoms with van der Waals surface area (Å²) in [6.45, 7) is 3.69. The van der Waals surface area contributed by atoms with Crippen molar-refractivity contribution in [2.24, 2.45) is 0 Å². The largest absolute Gasteiger partial charge is 0.379 e. The summed E-state index contributed by atoms with van der Waals surface area (Å²) >= 11 is 3.43. The zero-order chi connectivity index (χ0) is 13.8. The molecule has 1 atom stereocenters. The molecular weight excluding hydrogens is 302 g/mol. The van der Waals surface area contributed by atoms with Crippen LogP contribution in [0, 0.1) is 0 Å². The second kappa shape index (κ2) is 6.02. The lowest BCUT2D eigenvalue weighted by molar-refractivity contribution is 0.101. The van der Waals surface area contributed by atoms with Gasteiger partial charge in [0.05, 0.1) is 0 Å². The Bertz CT molecular complexity index is 560. The lowest BCUT2D eigenvalue weighted by atomic mass is 10.1. The SMILES string of the molecule is CC(=O)c1ccc(NC(C)c2ccc(Br)cc2)cc1. The number of carbonyl (C=O) groups is 1. The van der Waals surface area contributed by atoms with Gasteiger partial charge in [-0.2, -0.15) is 0 Å². The molecule has 2 aromatic carbocycles. The number of hydrogen-bond donors (Lipinski definition) is 1. The van der Waals surface area contributed by atoms with Gasteiger partial charge in [0, 0.05) is 21.8 Å². The maximum Gasteiger partial charge on any atom is 0.159 e. The predicted octanol–water partition coefficient (Wildman–Crippen LogP) is 4.82. The molecule has 0 aliphatic heterocycles. The summed E-state index contributed by atoms with van der Waals surface area (Å²) in [6, 6.07) is 16.0. The van der Waals surface area contributed by atoms with E-state index in [1.54, 1.807) is 6.92 Å². The number of halogens is 1. The minimum Gasteiger partial charge on any atom is -0.379 e. The normalized spacial score (nSPS) is 11.9. The summed E-state index contributed by atoms with van der Waals surface area (Å²) in [5, 5.41) is 3.42. The molecule has 0 aliphatic rings. The quantitative estimate of drug-likeness (QED) is 0.819. The van der Waals surface area contributed by atoms with Crippen molar-refractivity contribution in [2.75, 3.05) is 5.32 Å². The first kappa shape index (κ1) is 13.8. The van der Waals surface area contributed by atoms with E-state index in [4.69, 9.17) is 0 Å². The fourth-order valence-electron chi connectivity index (χ4n) is 1.89. The molecule has 1 N–H and O–H groups in total. The third-order valence-electron chi connectivity index (χ3n) is 3.04. The minimum atomic E-state index is 0.0903. The Labute approximate surface area is 122 Å². The van der Waals surface area contributed by atoms with Gasteiger partial charge in [0.25, 0.3) is 0 Å². The molecule has 0 fully saturated rings. The molecule has 0 heterocycles. The number of hydrogen-bond acceptors (Lipinski definition) is 2. The van der Waals surface area contributed by atoms with E-state index in [0.717, 1.165) is 15.7 Å². The Morgan fingerprint density at radius 2 is 1.63 bits per heavy atom. The monoisotopic (exact) mass is 317 g/mol. The first-order chi connectivity index (χ1) is 9.06. The summed E-state index contributed by atoms with van der Waals surface area (Å²) in [4.78, 5) is 11.2. The van der Waals surface area contributed by atoms with E-state index in [9.17, 15) is 4.79 Å². The highest BCUT2D eigenvalue weighted by molar-refractivity contribution is 9.10. The number of ketones is 1. The number of benzene rings is 2. The number of anilines is 1. The lowest BCUT2D eigenvalue weighted by Gasteiger charge is -2.16. The number of nitrogens with one attached hydrogen (secondary N) is 1. The van der Waals surface area contributed by atoms with E-state index in [1.807, 2.05) is 36.4 Å². The van der Waals surface area contributed by atoms with Crippen molar-refractivity contribution in [3.8, 4) is 0 Å². The average Bonchev–Trinajstić information content (AvgIpc) is 2.40. The van der Waals surface area contributed by atoms with Crippen LogP contribution < -0.4 is 5.32 Å². The fourth-order valence-corrected chi connectivity index (χ4v) is 2.15. The summed E-state index contributed by atoms with van der Waals surface area (Å²) in [7, 11) is 0. The number of carbonyl (C=O) groups excluding carboxylic acids is 1. The first-order valence-corrected chi connectivity index (χ1v) is 6.98. The molecule has 0 saturated carbocycles. The maximum atomic E-state index is 11.2. The van der Waals surface area contributed by atoms with Crippen molar-refractivity contribution in [3.05, 3.63) is 64.1 Å². The third kappa shape index (κ3) is 3.67. The molecule has 0 amide bonds. The second-order valence-corrected chi connectivity index (χ2v) is 5.47. The average molecular weight is 318 g/mol. The van der Waals surface area contributed by atoms with Crippen LogP contribution in [0.25, 0.3) is 0 Å². The van der Waals surface area contributed by atoms with Gasteiger partial charge in [-0.3, -0.25) is 4.79 Å². The van der Waals surface area contributed by atoms with Gasteiger partial charge in [-0.15, -0.1) is 0 Å². The van der Waals surface area contributed by atoms with Crippen LogP contribution in [0.5, 0.6) is 0 Å². The van der Waals surface area contributed by atoms with E-state index in [1.165, 1.54) is 5.56 Å². The standard InChI is InChI=1S/C16H16BrNO/c1-11(13-3-7-15(17)8-4-13)18-16-9-5-14(6-10-16)12(2)19/h3-11,18H,1-2H3.